The van der Waals surface area contributed by atoms with Crippen LogP contribution in [0.4, 0.5) is 5.69 Å². The fourth-order valence-electron chi connectivity index (χ4n) is 1.58. The second-order valence-corrected chi connectivity index (χ2v) is 4.14. The molecule has 98 valence electrons. The standard InChI is InChI=1S/C12H16N2O4/c1-8-7-10(14(17)18)3-4-11(8)12(16)13-9(2)5-6-15/h3-4,7,9,15H,5-6H2,1-2H3,(H,13,16). The lowest BCUT2D eigenvalue weighted by molar-refractivity contribution is -0.384. The van der Waals surface area contributed by atoms with Gasteiger partial charge in [-0.05, 0) is 31.9 Å². The van der Waals surface area contributed by atoms with E-state index in [0.29, 0.717) is 17.5 Å². The molecule has 0 aromatic heterocycles. The average molecular weight is 252 g/mol. The van der Waals surface area contributed by atoms with Crippen LogP contribution in [0.15, 0.2) is 18.2 Å². The lowest BCUT2D eigenvalue weighted by Crippen LogP contribution is -2.33. The molecule has 6 nitrogen and oxygen atoms in total. The zero-order valence-corrected chi connectivity index (χ0v) is 10.3. The van der Waals surface area contributed by atoms with Crippen molar-refractivity contribution in [2.45, 2.75) is 26.3 Å². The molecule has 1 aromatic rings. The molecule has 0 saturated heterocycles. The summed E-state index contributed by atoms with van der Waals surface area (Å²) in [5, 5.41) is 22.0. The Labute approximate surface area is 105 Å². The predicted molar refractivity (Wildman–Crippen MR) is 66.5 cm³/mol. The average Bonchev–Trinajstić information content (AvgIpc) is 2.28. The van der Waals surface area contributed by atoms with Crippen LogP contribution in [-0.2, 0) is 0 Å². The SMILES string of the molecule is Cc1cc([N+](=O)[O-])ccc1C(=O)NC(C)CCO. The summed E-state index contributed by atoms with van der Waals surface area (Å²) < 4.78 is 0. The minimum atomic E-state index is -0.497. The van der Waals surface area contributed by atoms with Gasteiger partial charge in [0.2, 0.25) is 0 Å². The number of carbonyl (C=O) groups excluding carboxylic acids is 1. The molecule has 6 heteroatoms. The largest absolute Gasteiger partial charge is 0.396 e. The highest BCUT2D eigenvalue weighted by Crippen LogP contribution is 2.17. The molecule has 0 heterocycles. The number of aliphatic hydroxyl groups excluding tert-OH is 1. The molecule has 1 aromatic carbocycles. The lowest BCUT2D eigenvalue weighted by Gasteiger charge is -2.13. The summed E-state index contributed by atoms with van der Waals surface area (Å²) in [7, 11) is 0. The van der Waals surface area contributed by atoms with Crippen molar-refractivity contribution in [1.29, 1.82) is 0 Å². The second-order valence-electron chi connectivity index (χ2n) is 4.14. The van der Waals surface area contributed by atoms with E-state index in [0.717, 1.165) is 0 Å². The van der Waals surface area contributed by atoms with Crippen molar-refractivity contribution in [3.05, 3.63) is 39.4 Å². The minimum Gasteiger partial charge on any atom is -0.396 e. The number of carbonyl (C=O) groups is 1. The Hall–Kier alpha value is -1.95. The third-order valence-corrected chi connectivity index (χ3v) is 2.61. The van der Waals surface area contributed by atoms with Crippen LogP contribution in [-0.4, -0.2) is 28.6 Å². The van der Waals surface area contributed by atoms with Crippen molar-refractivity contribution in [3.8, 4) is 0 Å². The van der Waals surface area contributed by atoms with Crippen LogP contribution < -0.4 is 5.32 Å². The number of nitrogens with zero attached hydrogens (tertiary/aromatic N) is 1. The first-order chi connectivity index (χ1) is 8.45. The van der Waals surface area contributed by atoms with E-state index in [1.807, 2.05) is 0 Å². The summed E-state index contributed by atoms with van der Waals surface area (Å²) in [5.41, 5.74) is 0.927. The number of aliphatic hydroxyl groups is 1. The minimum absolute atomic E-state index is 0.000685. The van der Waals surface area contributed by atoms with Gasteiger partial charge in [-0.2, -0.15) is 0 Å². The molecule has 1 rings (SSSR count). The van der Waals surface area contributed by atoms with Gasteiger partial charge in [0.15, 0.2) is 0 Å². The van der Waals surface area contributed by atoms with E-state index in [-0.39, 0.29) is 24.2 Å². The van der Waals surface area contributed by atoms with E-state index in [4.69, 9.17) is 5.11 Å². The topological polar surface area (TPSA) is 92.5 Å². The van der Waals surface area contributed by atoms with E-state index in [1.54, 1.807) is 13.8 Å². The summed E-state index contributed by atoms with van der Waals surface area (Å²) in [4.78, 5) is 21.9. The molecule has 0 aliphatic heterocycles. The van der Waals surface area contributed by atoms with E-state index in [1.165, 1.54) is 18.2 Å². The van der Waals surface area contributed by atoms with Gasteiger partial charge in [0, 0.05) is 30.3 Å². The Morgan fingerprint density at radius 1 is 1.56 bits per heavy atom. The highest BCUT2D eigenvalue weighted by molar-refractivity contribution is 5.96. The quantitative estimate of drug-likeness (QED) is 0.612. The van der Waals surface area contributed by atoms with Crippen molar-refractivity contribution >= 4 is 11.6 Å². The van der Waals surface area contributed by atoms with Gasteiger partial charge >= 0.3 is 0 Å². The molecule has 18 heavy (non-hydrogen) atoms. The number of hydrogen-bond donors (Lipinski definition) is 2. The highest BCUT2D eigenvalue weighted by Gasteiger charge is 2.14. The molecular weight excluding hydrogens is 236 g/mol. The molecule has 1 unspecified atom stereocenters. The lowest BCUT2D eigenvalue weighted by atomic mass is 10.1. The van der Waals surface area contributed by atoms with Crippen LogP contribution in [0.5, 0.6) is 0 Å². The number of aryl methyl sites for hydroxylation is 1. The maximum Gasteiger partial charge on any atom is 0.269 e. The van der Waals surface area contributed by atoms with E-state index in [2.05, 4.69) is 5.32 Å². The third-order valence-electron chi connectivity index (χ3n) is 2.61. The van der Waals surface area contributed by atoms with Crippen molar-refractivity contribution in [1.82, 2.24) is 5.32 Å². The summed E-state index contributed by atoms with van der Waals surface area (Å²) in [5.74, 6) is -0.289. The van der Waals surface area contributed by atoms with Gasteiger partial charge in [0.25, 0.3) is 11.6 Å². The number of nitrogens with one attached hydrogen (secondary N) is 1. The smallest absolute Gasteiger partial charge is 0.269 e. The van der Waals surface area contributed by atoms with Crippen LogP contribution in [0, 0.1) is 17.0 Å². The summed E-state index contributed by atoms with van der Waals surface area (Å²) in [6, 6.07) is 3.97. The van der Waals surface area contributed by atoms with Gasteiger partial charge in [0.1, 0.15) is 0 Å². The Morgan fingerprint density at radius 3 is 2.72 bits per heavy atom. The Bertz CT molecular complexity index is 459. The van der Waals surface area contributed by atoms with Gasteiger partial charge in [-0.3, -0.25) is 14.9 Å². The van der Waals surface area contributed by atoms with Gasteiger partial charge < -0.3 is 10.4 Å². The van der Waals surface area contributed by atoms with Gasteiger partial charge in [-0.1, -0.05) is 0 Å². The van der Waals surface area contributed by atoms with Crippen molar-refractivity contribution in [2.24, 2.45) is 0 Å². The molecule has 1 amide bonds. The van der Waals surface area contributed by atoms with Crippen LogP contribution in [0.25, 0.3) is 0 Å². The number of non-ortho nitro benzene ring substituents is 1. The molecule has 0 bridgehead atoms. The number of benzene rings is 1. The van der Waals surface area contributed by atoms with Crippen molar-refractivity contribution < 1.29 is 14.8 Å². The van der Waals surface area contributed by atoms with Crippen molar-refractivity contribution in [3.63, 3.8) is 0 Å². The van der Waals surface area contributed by atoms with Crippen LogP contribution in [0.3, 0.4) is 0 Å². The number of rotatable bonds is 5. The maximum absolute atomic E-state index is 11.9. The molecule has 0 spiro atoms. The Kier molecular flexibility index (Phi) is 4.79. The first-order valence-electron chi connectivity index (χ1n) is 5.62. The molecule has 0 aliphatic carbocycles. The van der Waals surface area contributed by atoms with Gasteiger partial charge in [0.05, 0.1) is 4.92 Å². The molecule has 0 aliphatic rings. The zero-order chi connectivity index (χ0) is 13.7. The summed E-state index contributed by atoms with van der Waals surface area (Å²) >= 11 is 0. The molecule has 2 N–H and O–H groups in total. The molecular formula is C12H16N2O4. The molecule has 1 atom stereocenters. The van der Waals surface area contributed by atoms with E-state index in [9.17, 15) is 14.9 Å². The fraction of sp³-hybridized carbons (Fsp3) is 0.417. The third kappa shape index (κ3) is 3.53. The van der Waals surface area contributed by atoms with Crippen LogP contribution in [0.2, 0.25) is 0 Å². The number of nitro groups is 1. The first kappa shape index (κ1) is 14.1. The Balaban J connectivity index is 2.84. The van der Waals surface area contributed by atoms with Gasteiger partial charge in [-0.15, -0.1) is 0 Å². The zero-order valence-electron chi connectivity index (χ0n) is 10.3. The normalized spacial score (nSPS) is 11.9. The molecule has 0 radical (unpaired) electrons. The number of nitro benzene ring substituents is 1. The second kappa shape index (κ2) is 6.11. The molecule has 0 fully saturated rings. The van der Waals surface area contributed by atoms with Crippen molar-refractivity contribution in [2.75, 3.05) is 6.61 Å². The van der Waals surface area contributed by atoms with E-state index < -0.39 is 4.92 Å². The summed E-state index contributed by atoms with van der Waals surface area (Å²) in [6.45, 7) is 3.44. The monoisotopic (exact) mass is 252 g/mol. The first-order valence-corrected chi connectivity index (χ1v) is 5.62. The summed E-state index contributed by atoms with van der Waals surface area (Å²) in [6.07, 6.45) is 0.470. The Morgan fingerprint density at radius 2 is 2.22 bits per heavy atom. The highest BCUT2D eigenvalue weighted by atomic mass is 16.6. The maximum atomic E-state index is 11.9. The number of amides is 1. The predicted octanol–water partition coefficient (Wildman–Crippen LogP) is 1.40. The number of hydrogen-bond acceptors (Lipinski definition) is 4. The van der Waals surface area contributed by atoms with Gasteiger partial charge in [-0.25, -0.2) is 0 Å². The van der Waals surface area contributed by atoms with Crippen LogP contribution >= 0.6 is 0 Å². The molecule has 0 saturated carbocycles. The van der Waals surface area contributed by atoms with Crippen LogP contribution in [0.1, 0.15) is 29.3 Å². The fourth-order valence-corrected chi connectivity index (χ4v) is 1.58. The van der Waals surface area contributed by atoms with E-state index >= 15 is 0 Å².